The van der Waals surface area contributed by atoms with Gasteiger partial charge in [-0.25, -0.2) is 4.98 Å². The van der Waals surface area contributed by atoms with Gasteiger partial charge in [0.25, 0.3) is 0 Å². The largest absolute Gasteiger partial charge is 0.490 e. The molecule has 0 aliphatic rings. The van der Waals surface area contributed by atoms with Gasteiger partial charge in [0.1, 0.15) is 15.4 Å². The van der Waals surface area contributed by atoms with E-state index in [1.807, 2.05) is 13.8 Å². The van der Waals surface area contributed by atoms with Crippen LogP contribution in [0.25, 0.3) is 0 Å². The van der Waals surface area contributed by atoms with Crippen LogP contribution in [0.2, 0.25) is 4.34 Å². The van der Waals surface area contributed by atoms with Crippen molar-refractivity contribution in [3.8, 4) is 11.5 Å². The maximum atomic E-state index is 10.3. The van der Waals surface area contributed by atoms with Crippen LogP contribution < -0.4 is 9.47 Å². The predicted molar refractivity (Wildman–Crippen MR) is 80.0 cm³/mol. The first-order valence-corrected chi connectivity index (χ1v) is 7.54. The highest BCUT2D eigenvalue weighted by Crippen LogP contribution is 2.34. The molecule has 0 aliphatic heterocycles. The lowest BCUT2D eigenvalue weighted by atomic mass is 10.1. The first-order chi connectivity index (χ1) is 9.65. The summed E-state index contributed by atoms with van der Waals surface area (Å²) in [5.74, 6) is 1.29. The summed E-state index contributed by atoms with van der Waals surface area (Å²) in [5.41, 5.74) is 0.697. The predicted octanol–water partition coefficient (Wildman–Crippen LogP) is 3.68. The van der Waals surface area contributed by atoms with E-state index < -0.39 is 6.10 Å². The Hall–Kier alpha value is -1.30. The number of thiazole rings is 1. The fourth-order valence-electron chi connectivity index (χ4n) is 1.77. The molecule has 0 radical (unpaired) electrons. The molecule has 0 aliphatic carbocycles. The first-order valence-electron chi connectivity index (χ1n) is 6.34. The van der Waals surface area contributed by atoms with E-state index in [-0.39, 0.29) is 0 Å². The number of hydrogen-bond donors (Lipinski definition) is 1. The van der Waals surface area contributed by atoms with Crippen LogP contribution in [0.3, 0.4) is 0 Å². The van der Waals surface area contributed by atoms with E-state index >= 15 is 0 Å². The Morgan fingerprint density at radius 1 is 1.25 bits per heavy atom. The molecule has 1 heterocycles. The maximum Gasteiger partial charge on any atom is 0.161 e. The van der Waals surface area contributed by atoms with Crippen LogP contribution in [-0.4, -0.2) is 23.3 Å². The summed E-state index contributed by atoms with van der Waals surface area (Å²) in [7, 11) is 0. The molecule has 0 spiro atoms. The van der Waals surface area contributed by atoms with Crippen LogP contribution in [0, 0.1) is 0 Å². The van der Waals surface area contributed by atoms with Crippen molar-refractivity contribution in [2.24, 2.45) is 0 Å². The second kappa shape index (κ2) is 6.92. The van der Waals surface area contributed by atoms with Crippen molar-refractivity contribution in [2.75, 3.05) is 13.2 Å². The zero-order valence-corrected chi connectivity index (χ0v) is 12.9. The molecular weight excluding hydrogens is 298 g/mol. The molecule has 6 heteroatoms. The van der Waals surface area contributed by atoms with Gasteiger partial charge < -0.3 is 14.6 Å². The minimum absolute atomic E-state index is 0.530. The Balaban J connectivity index is 2.29. The van der Waals surface area contributed by atoms with E-state index in [4.69, 9.17) is 21.1 Å². The maximum absolute atomic E-state index is 10.3. The minimum atomic E-state index is -0.817. The lowest BCUT2D eigenvalue weighted by Crippen LogP contribution is -2.02. The van der Waals surface area contributed by atoms with Gasteiger partial charge in [-0.05, 0) is 31.5 Å². The Morgan fingerprint density at radius 2 is 1.95 bits per heavy atom. The van der Waals surface area contributed by atoms with E-state index in [2.05, 4.69) is 4.98 Å². The standard InChI is InChI=1S/C14H16ClNO3S/c1-3-18-10-6-5-9(7-11(10)19-4-2)13(17)14-16-8-12(15)20-14/h5-8,13,17H,3-4H2,1-2H3. The second-order valence-electron chi connectivity index (χ2n) is 3.98. The van der Waals surface area contributed by atoms with Crippen LogP contribution in [0.15, 0.2) is 24.4 Å². The number of ether oxygens (including phenoxy) is 2. The number of nitrogens with zero attached hydrogens (tertiary/aromatic N) is 1. The fraction of sp³-hybridized carbons (Fsp3) is 0.357. The molecule has 0 amide bonds. The van der Waals surface area contributed by atoms with Gasteiger partial charge in [0.15, 0.2) is 11.5 Å². The fourth-order valence-corrected chi connectivity index (χ4v) is 2.72. The molecule has 0 fully saturated rings. The van der Waals surface area contributed by atoms with Crippen LogP contribution in [0.4, 0.5) is 0 Å². The highest BCUT2D eigenvalue weighted by atomic mass is 35.5. The van der Waals surface area contributed by atoms with Crippen molar-refractivity contribution < 1.29 is 14.6 Å². The van der Waals surface area contributed by atoms with Gasteiger partial charge >= 0.3 is 0 Å². The molecule has 4 nitrogen and oxygen atoms in total. The Bertz CT molecular complexity index is 573. The summed E-state index contributed by atoms with van der Waals surface area (Å²) < 4.78 is 11.6. The third-order valence-electron chi connectivity index (χ3n) is 2.61. The number of aromatic nitrogens is 1. The smallest absolute Gasteiger partial charge is 0.161 e. The molecule has 1 unspecified atom stereocenters. The second-order valence-corrected chi connectivity index (χ2v) is 5.67. The monoisotopic (exact) mass is 313 g/mol. The topological polar surface area (TPSA) is 51.6 Å². The Labute approximate surface area is 126 Å². The van der Waals surface area contributed by atoms with Gasteiger partial charge in [0.05, 0.1) is 19.4 Å². The lowest BCUT2D eigenvalue weighted by Gasteiger charge is -2.14. The summed E-state index contributed by atoms with van der Waals surface area (Å²) in [5, 5.41) is 10.9. The normalized spacial score (nSPS) is 12.2. The SMILES string of the molecule is CCOc1ccc(C(O)c2ncc(Cl)s2)cc1OCC. The summed E-state index contributed by atoms with van der Waals surface area (Å²) in [4.78, 5) is 4.09. The number of aliphatic hydroxyl groups excluding tert-OH is 1. The number of benzene rings is 1. The first kappa shape index (κ1) is 15.1. The summed E-state index contributed by atoms with van der Waals surface area (Å²) in [6.45, 7) is 4.91. The van der Waals surface area contributed by atoms with E-state index in [9.17, 15) is 5.11 Å². The van der Waals surface area contributed by atoms with Crippen LogP contribution >= 0.6 is 22.9 Å². The third kappa shape index (κ3) is 3.42. The van der Waals surface area contributed by atoms with Gasteiger partial charge in [-0.3, -0.25) is 0 Å². The molecule has 2 rings (SSSR count). The summed E-state index contributed by atoms with van der Waals surface area (Å²) in [6.07, 6.45) is 0.713. The molecule has 1 atom stereocenters. The molecule has 0 saturated carbocycles. The molecular formula is C14H16ClNO3S. The van der Waals surface area contributed by atoms with Crippen molar-refractivity contribution in [2.45, 2.75) is 20.0 Å². The highest BCUT2D eigenvalue weighted by molar-refractivity contribution is 7.15. The molecule has 1 aromatic heterocycles. The van der Waals surface area contributed by atoms with Gasteiger partial charge in [-0.2, -0.15) is 0 Å². The highest BCUT2D eigenvalue weighted by Gasteiger charge is 2.17. The molecule has 1 N–H and O–H groups in total. The quantitative estimate of drug-likeness (QED) is 0.884. The van der Waals surface area contributed by atoms with Crippen LogP contribution in [0.1, 0.15) is 30.5 Å². The van der Waals surface area contributed by atoms with Gasteiger partial charge in [-0.1, -0.05) is 17.7 Å². The van der Waals surface area contributed by atoms with Crippen molar-refractivity contribution in [3.63, 3.8) is 0 Å². The number of rotatable bonds is 6. The van der Waals surface area contributed by atoms with E-state index in [0.717, 1.165) is 0 Å². The number of aliphatic hydroxyl groups is 1. The number of halogens is 1. The number of hydrogen-bond acceptors (Lipinski definition) is 5. The summed E-state index contributed by atoms with van der Waals surface area (Å²) in [6, 6.07) is 5.37. The van der Waals surface area contributed by atoms with E-state index in [1.165, 1.54) is 17.5 Å². The minimum Gasteiger partial charge on any atom is -0.490 e. The van der Waals surface area contributed by atoms with Gasteiger partial charge in [-0.15, -0.1) is 11.3 Å². The lowest BCUT2D eigenvalue weighted by molar-refractivity contribution is 0.218. The van der Waals surface area contributed by atoms with Crippen LogP contribution in [-0.2, 0) is 0 Å². The average Bonchev–Trinajstić information content (AvgIpc) is 2.87. The zero-order valence-electron chi connectivity index (χ0n) is 11.3. The molecule has 0 bridgehead atoms. The van der Waals surface area contributed by atoms with Crippen molar-refractivity contribution in [3.05, 3.63) is 39.3 Å². The molecule has 1 aromatic carbocycles. The van der Waals surface area contributed by atoms with E-state index in [1.54, 1.807) is 18.2 Å². The Kier molecular flexibility index (Phi) is 5.23. The average molecular weight is 314 g/mol. The van der Waals surface area contributed by atoms with Gasteiger partial charge in [0, 0.05) is 0 Å². The van der Waals surface area contributed by atoms with Crippen molar-refractivity contribution in [1.29, 1.82) is 0 Å². The molecule has 0 saturated heterocycles. The molecule has 2 aromatic rings. The molecule has 20 heavy (non-hydrogen) atoms. The van der Waals surface area contributed by atoms with Gasteiger partial charge in [0.2, 0.25) is 0 Å². The van der Waals surface area contributed by atoms with Crippen LogP contribution in [0.5, 0.6) is 11.5 Å². The Morgan fingerprint density at radius 3 is 2.55 bits per heavy atom. The van der Waals surface area contributed by atoms with E-state index in [0.29, 0.717) is 39.6 Å². The van der Waals surface area contributed by atoms with Crippen molar-refractivity contribution in [1.82, 2.24) is 4.98 Å². The molecule has 108 valence electrons. The zero-order chi connectivity index (χ0) is 14.5. The third-order valence-corrected chi connectivity index (χ3v) is 3.78. The summed E-state index contributed by atoms with van der Waals surface area (Å²) >= 11 is 7.10. The van der Waals surface area contributed by atoms with Crippen molar-refractivity contribution >= 4 is 22.9 Å².